The molecule has 1 atom stereocenters. The van der Waals surface area contributed by atoms with Gasteiger partial charge >= 0.3 is 0 Å². The Morgan fingerprint density at radius 2 is 1.36 bits per heavy atom. The van der Waals surface area contributed by atoms with E-state index in [1.807, 2.05) is 54.6 Å². The van der Waals surface area contributed by atoms with Crippen molar-refractivity contribution in [1.82, 2.24) is 10.9 Å². The van der Waals surface area contributed by atoms with Crippen LogP contribution in [-0.4, -0.2) is 4.92 Å². The second-order valence-electron chi connectivity index (χ2n) is 6.12. The van der Waals surface area contributed by atoms with Gasteiger partial charge in [0.25, 0.3) is 5.69 Å². The molecule has 3 aromatic rings. The van der Waals surface area contributed by atoms with Crippen LogP contribution in [0.15, 0.2) is 78.9 Å². The Kier molecular flexibility index (Phi) is 5.11. The number of nitrogens with zero attached hydrogens (tertiary/aromatic N) is 3. The Bertz CT molecular complexity index is 987. The van der Waals surface area contributed by atoms with Crippen LogP contribution in [0, 0.1) is 13.7 Å². The van der Waals surface area contributed by atoms with Crippen molar-refractivity contribution in [2.24, 2.45) is 0 Å². The van der Waals surface area contributed by atoms with E-state index in [1.165, 1.54) is 12.1 Å². The molecule has 1 heterocycles. The number of hydrogen-bond donors (Lipinski definition) is 2. The van der Waals surface area contributed by atoms with Crippen molar-refractivity contribution in [1.29, 1.82) is 0 Å². The highest BCUT2D eigenvalue weighted by Gasteiger charge is 2.43. The van der Waals surface area contributed by atoms with Gasteiger partial charge in [-0.3, -0.25) is 10.1 Å². The molecule has 0 radical (unpaired) electrons. The van der Waals surface area contributed by atoms with Crippen LogP contribution in [0.2, 0.25) is 0 Å². The Balaban J connectivity index is 1.74. The molecular formula is C19H15ClIN5O2. The number of benzene rings is 3. The molecule has 0 saturated carbocycles. The molecule has 0 amide bonds. The summed E-state index contributed by atoms with van der Waals surface area (Å²) in [5, 5.41) is 13.4. The molecular weight excluding hydrogens is 493 g/mol. The molecule has 0 spiro atoms. The minimum atomic E-state index is -1.09. The Labute approximate surface area is 180 Å². The van der Waals surface area contributed by atoms with E-state index >= 15 is 0 Å². The van der Waals surface area contributed by atoms with E-state index in [0.717, 1.165) is 14.8 Å². The molecule has 9 heteroatoms. The van der Waals surface area contributed by atoms with Crippen LogP contribution in [-0.2, 0) is 5.12 Å². The van der Waals surface area contributed by atoms with E-state index in [4.69, 9.17) is 11.6 Å². The van der Waals surface area contributed by atoms with Gasteiger partial charge in [0.1, 0.15) is 0 Å². The summed E-state index contributed by atoms with van der Waals surface area (Å²) in [6, 6.07) is 23.7. The molecule has 142 valence electrons. The summed E-state index contributed by atoms with van der Waals surface area (Å²) in [6.07, 6.45) is 0. The molecule has 1 fully saturated rings. The number of nitro benzene ring substituents is 1. The number of hydrazine groups is 3. The molecule has 1 unspecified atom stereocenters. The number of non-ortho nitro benzene ring substituents is 1. The molecule has 1 saturated heterocycles. The molecule has 1 aliphatic heterocycles. The Morgan fingerprint density at radius 3 is 1.86 bits per heavy atom. The number of rotatable bonds is 4. The third kappa shape index (κ3) is 3.63. The largest absolute Gasteiger partial charge is 0.269 e. The monoisotopic (exact) mass is 507 g/mol. The van der Waals surface area contributed by atoms with Gasteiger partial charge in [-0.1, -0.05) is 41.9 Å². The number of anilines is 2. The van der Waals surface area contributed by atoms with Crippen molar-refractivity contribution < 1.29 is 4.92 Å². The summed E-state index contributed by atoms with van der Waals surface area (Å²) < 4.78 is 1.11. The zero-order chi connectivity index (χ0) is 19.7. The highest BCUT2D eigenvalue weighted by atomic mass is 127. The van der Waals surface area contributed by atoms with E-state index in [1.54, 1.807) is 22.4 Å². The fourth-order valence-electron chi connectivity index (χ4n) is 2.87. The van der Waals surface area contributed by atoms with Gasteiger partial charge < -0.3 is 0 Å². The maximum Gasteiger partial charge on any atom is 0.269 e. The first kappa shape index (κ1) is 18.9. The van der Waals surface area contributed by atoms with E-state index in [2.05, 4.69) is 33.4 Å². The van der Waals surface area contributed by atoms with Crippen molar-refractivity contribution in [2.75, 3.05) is 10.2 Å². The van der Waals surface area contributed by atoms with Crippen LogP contribution in [0.25, 0.3) is 0 Å². The van der Waals surface area contributed by atoms with Crippen molar-refractivity contribution in [2.45, 2.75) is 5.12 Å². The zero-order valence-electron chi connectivity index (χ0n) is 14.4. The summed E-state index contributed by atoms with van der Waals surface area (Å²) in [4.78, 5) is 10.5. The first-order valence-electron chi connectivity index (χ1n) is 8.36. The maximum absolute atomic E-state index is 11.0. The van der Waals surface area contributed by atoms with Gasteiger partial charge in [-0.25, -0.2) is 0 Å². The van der Waals surface area contributed by atoms with E-state index in [9.17, 15) is 10.1 Å². The SMILES string of the molecule is O=[N+]([O-])c1ccc(N2NC(Cl)(c3ccccc3)NN2c2ccc(I)cc2)cc1. The number of alkyl halides is 1. The van der Waals surface area contributed by atoms with Crippen LogP contribution in [0.1, 0.15) is 5.56 Å². The average Bonchev–Trinajstić information content (AvgIpc) is 3.08. The lowest BCUT2D eigenvalue weighted by Crippen LogP contribution is -2.45. The number of halogens is 2. The molecule has 3 aromatic carbocycles. The Morgan fingerprint density at radius 1 is 0.857 bits per heavy atom. The predicted molar refractivity (Wildman–Crippen MR) is 117 cm³/mol. The van der Waals surface area contributed by atoms with Crippen molar-refractivity contribution in [3.63, 3.8) is 0 Å². The normalized spacial score (nSPS) is 19.1. The predicted octanol–water partition coefficient (Wildman–Crippen LogP) is 4.50. The lowest BCUT2D eigenvalue weighted by Gasteiger charge is -2.28. The lowest BCUT2D eigenvalue weighted by atomic mass is 10.2. The van der Waals surface area contributed by atoms with Gasteiger partial charge in [0, 0.05) is 21.3 Å². The summed E-state index contributed by atoms with van der Waals surface area (Å²) in [5.74, 6) is 0. The minimum absolute atomic E-state index is 0.0249. The molecule has 0 aromatic heterocycles. The molecule has 1 aliphatic rings. The second-order valence-corrected chi connectivity index (χ2v) is 7.93. The maximum atomic E-state index is 11.0. The van der Waals surface area contributed by atoms with Gasteiger partial charge in [0.05, 0.1) is 16.3 Å². The number of nitrogens with one attached hydrogen (secondary N) is 2. The van der Waals surface area contributed by atoms with Crippen molar-refractivity contribution in [3.05, 3.63) is 98.1 Å². The molecule has 7 nitrogen and oxygen atoms in total. The fraction of sp³-hybridized carbons (Fsp3) is 0.0526. The van der Waals surface area contributed by atoms with Gasteiger partial charge in [-0.15, -0.1) is 0 Å². The van der Waals surface area contributed by atoms with E-state index in [-0.39, 0.29) is 5.69 Å². The smallest absolute Gasteiger partial charge is 0.258 e. The Hall–Kier alpha value is -2.40. The van der Waals surface area contributed by atoms with Crippen LogP contribution in [0.4, 0.5) is 17.1 Å². The molecule has 4 rings (SSSR count). The molecule has 2 N–H and O–H groups in total. The van der Waals surface area contributed by atoms with Crippen LogP contribution in [0.5, 0.6) is 0 Å². The van der Waals surface area contributed by atoms with Gasteiger partial charge in [0.2, 0.25) is 5.12 Å². The lowest BCUT2D eigenvalue weighted by molar-refractivity contribution is -0.384. The van der Waals surface area contributed by atoms with Gasteiger partial charge in [-0.05, 0) is 59.0 Å². The van der Waals surface area contributed by atoms with E-state index in [0.29, 0.717) is 5.69 Å². The fourth-order valence-corrected chi connectivity index (χ4v) is 3.52. The van der Waals surface area contributed by atoms with E-state index < -0.39 is 10.0 Å². The first-order chi connectivity index (χ1) is 13.5. The third-order valence-corrected chi connectivity index (χ3v) is 5.37. The third-order valence-electron chi connectivity index (χ3n) is 4.27. The second kappa shape index (κ2) is 7.55. The standard InChI is InChI=1S/C19H15ClIN5O2/c20-19(14-4-2-1-3-5-14)22-24(16-8-6-15(21)7-9-16)25(23-19)17-10-12-18(13-11-17)26(27)28/h1-13,22-23H. The molecule has 0 bridgehead atoms. The van der Waals surface area contributed by atoms with Crippen molar-refractivity contribution >= 4 is 51.3 Å². The van der Waals surface area contributed by atoms with Gasteiger partial charge in [0.15, 0.2) is 0 Å². The highest BCUT2D eigenvalue weighted by Crippen LogP contribution is 2.34. The highest BCUT2D eigenvalue weighted by molar-refractivity contribution is 14.1. The number of nitro groups is 1. The summed E-state index contributed by atoms with van der Waals surface area (Å²) in [6.45, 7) is 0. The summed E-state index contributed by atoms with van der Waals surface area (Å²) in [5.41, 5.74) is 8.93. The van der Waals surface area contributed by atoms with Crippen LogP contribution < -0.4 is 21.1 Å². The quantitative estimate of drug-likeness (QED) is 0.178. The summed E-state index contributed by atoms with van der Waals surface area (Å²) >= 11 is 9.13. The first-order valence-corrected chi connectivity index (χ1v) is 9.82. The average molecular weight is 508 g/mol. The molecule has 0 aliphatic carbocycles. The van der Waals surface area contributed by atoms with Crippen LogP contribution in [0.3, 0.4) is 0 Å². The zero-order valence-corrected chi connectivity index (χ0v) is 17.3. The van der Waals surface area contributed by atoms with Crippen molar-refractivity contribution in [3.8, 4) is 0 Å². The topological polar surface area (TPSA) is 73.7 Å². The van der Waals surface area contributed by atoms with Gasteiger partial charge in [-0.2, -0.15) is 21.1 Å². The summed E-state index contributed by atoms with van der Waals surface area (Å²) in [7, 11) is 0. The molecule has 28 heavy (non-hydrogen) atoms. The van der Waals surface area contributed by atoms with Crippen LogP contribution >= 0.6 is 34.2 Å². The minimum Gasteiger partial charge on any atom is -0.258 e. The number of hydrogen-bond acceptors (Lipinski definition) is 6.